The van der Waals surface area contributed by atoms with Gasteiger partial charge in [-0.15, -0.1) is 0 Å². The number of carbonyl (C=O) groups excluding carboxylic acids is 1. The molecular weight excluding hydrogens is 251 g/mol. The standard InChI is InChI=1S/C14H11FO2S/c1-10(16)11-2-6-13(7-3-11)18(17)14-8-4-12(15)5-9-14/h2-9H,1H3. The van der Waals surface area contributed by atoms with Crippen LogP contribution in [0.3, 0.4) is 0 Å². The third kappa shape index (κ3) is 2.78. The van der Waals surface area contributed by atoms with Crippen LogP contribution in [-0.2, 0) is 11.2 Å². The number of ketones is 1. The lowest BCUT2D eigenvalue weighted by molar-refractivity contribution is 0.101. The molecule has 4 heteroatoms. The Balaban J connectivity index is 2.25. The Bertz CT molecular complexity index is 549. The number of halogens is 1. The second-order valence-electron chi connectivity index (χ2n) is 3.80. The number of carbonyl (C=O) groups is 1. The largest absolute Gasteiger partial charge is 0.606 e. The maximum Gasteiger partial charge on any atom is 0.159 e. The van der Waals surface area contributed by atoms with Gasteiger partial charge in [0.2, 0.25) is 0 Å². The van der Waals surface area contributed by atoms with E-state index < -0.39 is 11.2 Å². The van der Waals surface area contributed by atoms with Crippen molar-refractivity contribution in [3.63, 3.8) is 0 Å². The molecule has 0 aromatic heterocycles. The van der Waals surface area contributed by atoms with E-state index in [0.29, 0.717) is 15.4 Å². The Morgan fingerprint density at radius 3 is 1.89 bits per heavy atom. The van der Waals surface area contributed by atoms with Gasteiger partial charge in [-0.05, 0) is 55.5 Å². The van der Waals surface area contributed by atoms with E-state index in [1.165, 1.54) is 31.2 Å². The monoisotopic (exact) mass is 262 g/mol. The molecule has 0 amide bonds. The number of hydrogen-bond acceptors (Lipinski definition) is 2. The van der Waals surface area contributed by atoms with Crippen LogP contribution in [-0.4, -0.2) is 10.3 Å². The maximum atomic E-state index is 12.8. The van der Waals surface area contributed by atoms with Crippen molar-refractivity contribution in [2.24, 2.45) is 0 Å². The van der Waals surface area contributed by atoms with Crippen LogP contribution >= 0.6 is 0 Å². The molecule has 1 unspecified atom stereocenters. The summed E-state index contributed by atoms with van der Waals surface area (Å²) in [5.41, 5.74) is 0.579. The van der Waals surface area contributed by atoms with Gasteiger partial charge in [0.15, 0.2) is 15.6 Å². The van der Waals surface area contributed by atoms with Crippen molar-refractivity contribution in [1.82, 2.24) is 0 Å². The molecule has 0 aliphatic rings. The lowest BCUT2D eigenvalue weighted by Crippen LogP contribution is -2.02. The van der Waals surface area contributed by atoms with Gasteiger partial charge in [-0.3, -0.25) is 4.79 Å². The number of Topliss-reactive ketones (excluding diaryl/α,β-unsaturated/α-hetero) is 1. The van der Waals surface area contributed by atoms with Crippen molar-refractivity contribution in [1.29, 1.82) is 0 Å². The molecule has 0 saturated heterocycles. The molecule has 2 aromatic carbocycles. The Morgan fingerprint density at radius 1 is 1.00 bits per heavy atom. The van der Waals surface area contributed by atoms with Gasteiger partial charge in [0, 0.05) is 16.7 Å². The van der Waals surface area contributed by atoms with Crippen molar-refractivity contribution in [2.45, 2.75) is 16.7 Å². The van der Waals surface area contributed by atoms with Crippen molar-refractivity contribution in [3.05, 3.63) is 59.9 Å². The van der Waals surface area contributed by atoms with Gasteiger partial charge in [-0.2, -0.15) is 0 Å². The summed E-state index contributed by atoms with van der Waals surface area (Å²) < 4.78 is 24.9. The third-order valence-corrected chi connectivity index (χ3v) is 3.90. The Kier molecular flexibility index (Phi) is 3.79. The highest BCUT2D eigenvalue weighted by atomic mass is 32.2. The fourth-order valence-electron chi connectivity index (χ4n) is 1.51. The van der Waals surface area contributed by atoms with Crippen molar-refractivity contribution < 1.29 is 13.7 Å². The number of rotatable bonds is 3. The lowest BCUT2D eigenvalue weighted by atomic mass is 10.2. The topological polar surface area (TPSA) is 40.1 Å². The van der Waals surface area contributed by atoms with Crippen LogP contribution in [0.5, 0.6) is 0 Å². The van der Waals surface area contributed by atoms with E-state index in [9.17, 15) is 13.7 Å². The molecule has 92 valence electrons. The lowest BCUT2D eigenvalue weighted by Gasteiger charge is -2.09. The smallest absolute Gasteiger partial charge is 0.159 e. The van der Waals surface area contributed by atoms with Crippen molar-refractivity contribution >= 4 is 17.0 Å². The molecule has 0 heterocycles. The fourth-order valence-corrected chi connectivity index (χ4v) is 2.55. The van der Waals surface area contributed by atoms with Gasteiger partial charge >= 0.3 is 0 Å². The van der Waals surface area contributed by atoms with Crippen LogP contribution in [0.4, 0.5) is 4.39 Å². The molecule has 0 saturated carbocycles. The molecule has 1 atom stereocenters. The normalized spacial score (nSPS) is 12.2. The Morgan fingerprint density at radius 2 is 1.44 bits per heavy atom. The summed E-state index contributed by atoms with van der Waals surface area (Å²) in [6.07, 6.45) is 0. The second kappa shape index (κ2) is 5.33. The highest BCUT2D eigenvalue weighted by Crippen LogP contribution is 2.21. The van der Waals surface area contributed by atoms with Crippen LogP contribution < -0.4 is 0 Å². The summed E-state index contributed by atoms with van der Waals surface area (Å²) in [5, 5.41) is 0. The van der Waals surface area contributed by atoms with Gasteiger partial charge in [-0.1, -0.05) is 0 Å². The summed E-state index contributed by atoms with van der Waals surface area (Å²) in [6.45, 7) is 1.48. The predicted octanol–water partition coefficient (Wildman–Crippen LogP) is 3.20. The molecule has 0 spiro atoms. The zero-order valence-electron chi connectivity index (χ0n) is 9.72. The van der Waals surface area contributed by atoms with Gasteiger partial charge in [0.1, 0.15) is 5.82 Å². The summed E-state index contributed by atoms with van der Waals surface area (Å²) in [7, 11) is 0. The Labute approximate surface area is 108 Å². The summed E-state index contributed by atoms with van der Waals surface area (Å²) in [6, 6.07) is 12.1. The quantitative estimate of drug-likeness (QED) is 0.629. The molecule has 0 aliphatic heterocycles. The first-order valence-electron chi connectivity index (χ1n) is 5.36. The summed E-state index contributed by atoms with van der Waals surface area (Å²) in [5.74, 6) is -0.392. The molecule has 0 aliphatic carbocycles. The first-order valence-corrected chi connectivity index (χ1v) is 6.51. The maximum absolute atomic E-state index is 12.8. The van der Waals surface area contributed by atoms with Crippen LogP contribution in [0, 0.1) is 5.82 Å². The summed E-state index contributed by atoms with van der Waals surface area (Å²) >= 11 is -1.35. The highest BCUT2D eigenvalue weighted by molar-refractivity contribution is 7.91. The molecule has 0 bridgehead atoms. The van der Waals surface area contributed by atoms with E-state index in [2.05, 4.69) is 0 Å². The molecule has 18 heavy (non-hydrogen) atoms. The number of benzene rings is 2. The molecule has 0 fully saturated rings. The van der Waals surface area contributed by atoms with Crippen molar-refractivity contribution in [2.75, 3.05) is 0 Å². The molecule has 2 nitrogen and oxygen atoms in total. The van der Waals surface area contributed by atoms with Gasteiger partial charge < -0.3 is 4.55 Å². The minimum atomic E-state index is -1.35. The van der Waals surface area contributed by atoms with E-state index in [0.717, 1.165) is 0 Å². The van der Waals surface area contributed by atoms with E-state index in [1.807, 2.05) is 0 Å². The molecule has 2 rings (SSSR count). The van der Waals surface area contributed by atoms with E-state index in [1.54, 1.807) is 24.3 Å². The van der Waals surface area contributed by atoms with Crippen LogP contribution in [0.15, 0.2) is 58.3 Å². The molecule has 2 aromatic rings. The number of hydrogen-bond donors (Lipinski definition) is 0. The molecule has 0 N–H and O–H groups in total. The SMILES string of the molecule is CC(=O)c1ccc([S+]([O-])c2ccc(F)cc2)cc1. The first kappa shape index (κ1) is 12.8. The first-order chi connectivity index (χ1) is 8.58. The zero-order chi connectivity index (χ0) is 13.1. The average Bonchev–Trinajstić information content (AvgIpc) is 2.39. The van der Waals surface area contributed by atoms with Crippen LogP contribution in [0.1, 0.15) is 17.3 Å². The fraction of sp³-hybridized carbons (Fsp3) is 0.0714. The van der Waals surface area contributed by atoms with Crippen molar-refractivity contribution in [3.8, 4) is 0 Å². The van der Waals surface area contributed by atoms with E-state index in [4.69, 9.17) is 0 Å². The molecular formula is C14H11FO2S. The minimum Gasteiger partial charge on any atom is -0.606 e. The van der Waals surface area contributed by atoms with E-state index >= 15 is 0 Å². The van der Waals surface area contributed by atoms with Crippen LogP contribution in [0.2, 0.25) is 0 Å². The summed E-state index contributed by atoms with van der Waals surface area (Å²) in [4.78, 5) is 12.2. The zero-order valence-corrected chi connectivity index (χ0v) is 10.5. The Hall–Kier alpha value is -1.65. The van der Waals surface area contributed by atoms with Gasteiger partial charge in [0.25, 0.3) is 0 Å². The van der Waals surface area contributed by atoms with E-state index in [-0.39, 0.29) is 11.6 Å². The van der Waals surface area contributed by atoms with Gasteiger partial charge in [-0.25, -0.2) is 4.39 Å². The predicted molar refractivity (Wildman–Crippen MR) is 67.5 cm³/mol. The third-order valence-electron chi connectivity index (χ3n) is 2.50. The highest BCUT2D eigenvalue weighted by Gasteiger charge is 2.14. The minimum absolute atomic E-state index is 0.0332. The average molecular weight is 262 g/mol. The van der Waals surface area contributed by atoms with Gasteiger partial charge in [0.05, 0.1) is 0 Å². The van der Waals surface area contributed by atoms with Crippen LogP contribution in [0.25, 0.3) is 0 Å². The molecule has 0 radical (unpaired) electrons. The second-order valence-corrected chi connectivity index (χ2v) is 5.28.